The maximum atomic E-state index is 13.1. The lowest BCUT2D eigenvalue weighted by atomic mass is 10.3. The van der Waals surface area contributed by atoms with Crippen molar-refractivity contribution in [1.29, 1.82) is 0 Å². The van der Waals surface area contributed by atoms with Crippen LogP contribution in [0.3, 0.4) is 0 Å². The summed E-state index contributed by atoms with van der Waals surface area (Å²) >= 11 is 0. The van der Waals surface area contributed by atoms with Gasteiger partial charge in [-0.25, -0.2) is 16.8 Å². The maximum absolute atomic E-state index is 13.1. The topological polar surface area (TPSA) is 164 Å². The zero-order chi connectivity index (χ0) is 35.1. The normalized spacial score (nSPS) is 13.1. The van der Waals surface area contributed by atoms with Gasteiger partial charge >= 0.3 is 31.3 Å². The second kappa shape index (κ2) is 12.4. The maximum Gasteiger partial charge on any atom is 0.534 e. The molecule has 0 radical (unpaired) electrons. The molecule has 0 amide bonds. The number of halogens is 6. The molecule has 0 N–H and O–H groups in total. The smallest absolute Gasteiger partial charge is 0.457 e. The quantitative estimate of drug-likeness (QED) is 0.113. The molecule has 252 valence electrons. The van der Waals surface area contributed by atoms with Gasteiger partial charge in [-0.2, -0.15) is 43.2 Å². The van der Waals surface area contributed by atoms with E-state index in [9.17, 15) is 60.0 Å². The first-order valence-electron chi connectivity index (χ1n) is 12.1. The number of alkyl halides is 6. The lowest BCUT2D eigenvalue weighted by molar-refractivity contribution is -0.0504. The Kier molecular flexibility index (Phi) is 9.34. The molecular weight excluding hydrogens is 731 g/mol. The number of ether oxygens (including phenoxy) is 1. The summed E-state index contributed by atoms with van der Waals surface area (Å²) in [6.45, 7) is 0. The highest BCUT2D eigenvalue weighted by Gasteiger charge is 2.49. The molecule has 0 aliphatic rings. The summed E-state index contributed by atoms with van der Waals surface area (Å²) in [5.41, 5.74) is -11.4. The molecule has 0 aliphatic heterocycles. The number of hydrogen-bond donors (Lipinski definition) is 0. The van der Waals surface area contributed by atoms with Crippen LogP contribution in [-0.4, -0.2) is 44.7 Å². The monoisotopic (exact) mass is 746 g/mol. The van der Waals surface area contributed by atoms with Gasteiger partial charge < -0.3 is 13.1 Å². The fraction of sp³-hybridized carbons (Fsp3) is 0.0769. The van der Waals surface area contributed by atoms with Gasteiger partial charge in [0.05, 0.1) is 19.6 Å². The molecule has 4 rings (SSSR count). The minimum Gasteiger partial charge on any atom is -0.457 e. The Hall–Kier alpha value is -4.34. The molecule has 0 saturated carbocycles. The lowest BCUT2D eigenvalue weighted by Crippen LogP contribution is -2.28. The van der Waals surface area contributed by atoms with Crippen molar-refractivity contribution in [2.45, 2.75) is 30.6 Å². The van der Waals surface area contributed by atoms with Gasteiger partial charge in [-0.3, -0.25) is 0 Å². The van der Waals surface area contributed by atoms with E-state index in [0.717, 1.165) is 54.6 Å². The SMILES string of the molecule is O=S(=O)(c1ccc(Oc2cccc(S(=O)(=O)c3ccc(OS(=O)(=O)C(F)(F)F)cc3)c2)cc1)c1ccc(OS(=O)(=O)C(F)(F)F)cc1. The van der Waals surface area contributed by atoms with E-state index in [1.807, 2.05) is 0 Å². The zero-order valence-corrected chi connectivity index (χ0v) is 25.9. The lowest BCUT2D eigenvalue weighted by Gasteiger charge is -2.11. The molecule has 47 heavy (non-hydrogen) atoms. The number of hydrogen-bond acceptors (Lipinski definition) is 11. The Morgan fingerprint density at radius 2 is 0.745 bits per heavy atom. The van der Waals surface area contributed by atoms with Crippen LogP contribution in [0, 0.1) is 0 Å². The van der Waals surface area contributed by atoms with E-state index in [-0.39, 0.29) is 21.3 Å². The van der Waals surface area contributed by atoms with Gasteiger partial charge in [-0.15, -0.1) is 0 Å². The van der Waals surface area contributed by atoms with Crippen molar-refractivity contribution in [3.05, 3.63) is 97.1 Å². The highest BCUT2D eigenvalue weighted by Crippen LogP contribution is 2.32. The van der Waals surface area contributed by atoms with Crippen LogP contribution in [0.15, 0.2) is 117 Å². The van der Waals surface area contributed by atoms with Crippen molar-refractivity contribution >= 4 is 39.9 Å². The molecule has 21 heteroatoms. The Labute approximate surface area is 263 Å². The number of sulfone groups is 2. The first-order chi connectivity index (χ1) is 21.5. The summed E-state index contributed by atoms with van der Waals surface area (Å²) in [4.78, 5) is -1.47. The standard InChI is InChI=1S/C26H16F6O11S4/c27-25(28,29)46(37,38)42-18-6-12-22(13-7-18)44(33,34)21-10-4-17(5-11-21)41-20-2-1-3-24(16-20)45(35,36)23-14-8-19(9-15-23)43-47(39,40)26(30,31)32/h1-16H. The average Bonchev–Trinajstić information content (AvgIpc) is 2.97. The van der Waals surface area contributed by atoms with E-state index < -0.39 is 72.2 Å². The van der Waals surface area contributed by atoms with Gasteiger partial charge in [0, 0.05) is 0 Å². The molecule has 0 aromatic heterocycles. The molecule has 0 spiro atoms. The summed E-state index contributed by atoms with van der Waals surface area (Å²) < 4.78 is 185. The minimum absolute atomic E-state index is 0.0342. The third-order valence-corrected chi connectivity index (χ3v) is 11.2. The summed E-state index contributed by atoms with van der Waals surface area (Å²) in [7, 11) is -20.5. The molecule has 4 aromatic rings. The van der Waals surface area contributed by atoms with Crippen molar-refractivity contribution < 1.29 is 73.1 Å². The van der Waals surface area contributed by atoms with Crippen molar-refractivity contribution in [1.82, 2.24) is 0 Å². The van der Waals surface area contributed by atoms with Crippen LogP contribution < -0.4 is 13.1 Å². The van der Waals surface area contributed by atoms with E-state index in [4.69, 9.17) is 4.74 Å². The van der Waals surface area contributed by atoms with Gasteiger partial charge in [0.25, 0.3) is 0 Å². The van der Waals surface area contributed by atoms with Crippen LogP contribution in [0.2, 0.25) is 0 Å². The van der Waals surface area contributed by atoms with Crippen molar-refractivity contribution in [3.63, 3.8) is 0 Å². The van der Waals surface area contributed by atoms with E-state index in [1.165, 1.54) is 30.3 Å². The van der Waals surface area contributed by atoms with Gasteiger partial charge in [-0.05, 0) is 91.0 Å². The molecule has 0 bridgehead atoms. The second-order valence-electron chi connectivity index (χ2n) is 8.96. The van der Waals surface area contributed by atoms with Crippen molar-refractivity contribution in [3.8, 4) is 23.0 Å². The fourth-order valence-electron chi connectivity index (χ4n) is 3.50. The number of rotatable bonds is 10. The van der Waals surface area contributed by atoms with Gasteiger partial charge in [0.15, 0.2) is 0 Å². The van der Waals surface area contributed by atoms with E-state index in [2.05, 4.69) is 8.37 Å². The average molecular weight is 747 g/mol. The third kappa shape index (κ3) is 7.80. The van der Waals surface area contributed by atoms with Crippen LogP contribution in [-0.2, 0) is 39.9 Å². The van der Waals surface area contributed by atoms with Crippen LogP contribution in [0.1, 0.15) is 0 Å². The van der Waals surface area contributed by atoms with E-state index >= 15 is 0 Å². The Bertz CT molecular complexity index is 2220. The molecule has 11 nitrogen and oxygen atoms in total. The Morgan fingerprint density at radius 3 is 1.11 bits per heavy atom. The molecule has 0 atom stereocenters. The molecular formula is C26H16F6O11S4. The predicted octanol–water partition coefficient (Wildman–Crippen LogP) is 5.60. The van der Waals surface area contributed by atoms with Crippen LogP contribution in [0.25, 0.3) is 0 Å². The molecule has 0 fully saturated rings. The first-order valence-corrected chi connectivity index (χ1v) is 17.9. The summed E-state index contributed by atoms with van der Waals surface area (Å²) in [5.74, 6) is -1.57. The summed E-state index contributed by atoms with van der Waals surface area (Å²) in [6.07, 6.45) is 0. The second-order valence-corrected chi connectivity index (χ2v) is 15.9. The van der Waals surface area contributed by atoms with Crippen LogP contribution >= 0.6 is 0 Å². The van der Waals surface area contributed by atoms with Gasteiger partial charge in [-0.1, -0.05) is 6.07 Å². The van der Waals surface area contributed by atoms with Gasteiger partial charge in [0.2, 0.25) is 19.7 Å². The summed E-state index contributed by atoms with van der Waals surface area (Å²) in [6, 6.07) is 15.7. The molecule has 0 aliphatic carbocycles. The Balaban J connectivity index is 1.48. The molecule has 0 unspecified atom stereocenters. The number of benzene rings is 4. The Morgan fingerprint density at radius 1 is 0.404 bits per heavy atom. The summed E-state index contributed by atoms with van der Waals surface area (Å²) in [5, 5.41) is 0. The first kappa shape index (κ1) is 35.5. The predicted molar refractivity (Wildman–Crippen MR) is 148 cm³/mol. The molecule has 0 saturated heterocycles. The zero-order valence-electron chi connectivity index (χ0n) is 22.6. The largest absolute Gasteiger partial charge is 0.534 e. The highest BCUT2D eigenvalue weighted by molar-refractivity contribution is 7.92. The van der Waals surface area contributed by atoms with Crippen molar-refractivity contribution in [2.24, 2.45) is 0 Å². The highest BCUT2D eigenvalue weighted by atomic mass is 32.2. The minimum atomic E-state index is -5.98. The van der Waals surface area contributed by atoms with E-state index in [0.29, 0.717) is 12.1 Å². The molecule has 0 heterocycles. The molecule has 4 aromatic carbocycles. The van der Waals surface area contributed by atoms with Crippen LogP contribution in [0.4, 0.5) is 26.3 Å². The van der Waals surface area contributed by atoms with Gasteiger partial charge in [0.1, 0.15) is 23.0 Å². The third-order valence-electron chi connectivity index (χ3n) is 5.73. The fourth-order valence-corrected chi connectivity index (χ4v) is 6.97. The van der Waals surface area contributed by atoms with E-state index in [1.54, 1.807) is 0 Å². The van der Waals surface area contributed by atoms with Crippen molar-refractivity contribution in [2.75, 3.05) is 0 Å². The van der Waals surface area contributed by atoms with Crippen LogP contribution in [0.5, 0.6) is 23.0 Å².